The molecule has 0 spiro atoms. The Kier molecular flexibility index (Phi) is 4.10. The van der Waals surface area contributed by atoms with Gasteiger partial charge in [0.05, 0.1) is 29.1 Å². The van der Waals surface area contributed by atoms with Crippen LogP contribution < -0.4 is 0 Å². The molecule has 4 bridgehead atoms. The third-order valence-corrected chi connectivity index (χ3v) is 11.2. The molecule has 34 heavy (non-hydrogen) atoms. The second kappa shape index (κ2) is 6.41. The molecule has 0 aromatic rings. The Morgan fingerprint density at radius 3 is 2.53 bits per heavy atom. The Balaban J connectivity index is 1.31. The normalized spacial score (nSPS) is 61.1. The fourth-order valence-corrected chi connectivity index (χ4v) is 9.44. The van der Waals surface area contributed by atoms with Gasteiger partial charge in [-0.25, -0.2) is 0 Å². The number of cyclic esters (lactones) is 1. The predicted molar refractivity (Wildman–Crippen MR) is 119 cm³/mol. The van der Waals surface area contributed by atoms with Crippen LogP contribution in [0.2, 0.25) is 0 Å². The summed E-state index contributed by atoms with van der Waals surface area (Å²) in [6.07, 6.45) is 5.26. The fraction of sp³-hybridized carbons (Fsp3) is 0.778. The van der Waals surface area contributed by atoms with E-state index in [1.54, 1.807) is 12.2 Å². The summed E-state index contributed by atoms with van der Waals surface area (Å²) in [6, 6.07) is 0. The minimum absolute atomic E-state index is 0.00500. The Bertz CT molecular complexity index is 1050. The van der Waals surface area contributed by atoms with Crippen LogP contribution in [0, 0.1) is 46.8 Å². The second-order valence-corrected chi connectivity index (χ2v) is 12.5. The number of hydrogen-bond donors (Lipinski definition) is 2. The van der Waals surface area contributed by atoms with E-state index in [0.717, 1.165) is 12.0 Å². The Morgan fingerprint density at radius 1 is 1.06 bits per heavy atom. The molecule has 3 saturated carbocycles. The van der Waals surface area contributed by atoms with Crippen LogP contribution in [0.15, 0.2) is 23.8 Å². The quantitative estimate of drug-likeness (QED) is 0.566. The molecule has 4 aliphatic carbocycles. The van der Waals surface area contributed by atoms with Gasteiger partial charge in [-0.05, 0) is 56.1 Å². The molecule has 3 heterocycles. The van der Waals surface area contributed by atoms with Gasteiger partial charge in [0.15, 0.2) is 11.6 Å². The third kappa shape index (κ3) is 2.29. The molecule has 7 rings (SSSR count). The van der Waals surface area contributed by atoms with Crippen molar-refractivity contribution >= 4 is 11.8 Å². The Hall–Kier alpha value is -1.54. The van der Waals surface area contributed by atoms with Crippen LogP contribution in [0.1, 0.15) is 47.0 Å². The number of aliphatic hydroxyl groups excluding tert-OH is 1. The highest BCUT2D eigenvalue weighted by molar-refractivity contribution is 5.99. The van der Waals surface area contributed by atoms with Gasteiger partial charge in [-0.15, -0.1) is 0 Å². The molecular weight excluding hydrogens is 436 g/mol. The van der Waals surface area contributed by atoms with Gasteiger partial charge in [-0.2, -0.15) is 0 Å². The van der Waals surface area contributed by atoms with Crippen molar-refractivity contribution < 1.29 is 34.0 Å². The topological polar surface area (TPSA) is 102 Å². The summed E-state index contributed by atoms with van der Waals surface area (Å²) in [6.45, 7) is 7.64. The highest BCUT2D eigenvalue weighted by Crippen LogP contribution is 2.72. The van der Waals surface area contributed by atoms with E-state index in [1.165, 1.54) is 0 Å². The maximum absolute atomic E-state index is 13.3. The minimum Gasteiger partial charge on any atom is -0.459 e. The smallest absolute Gasteiger partial charge is 0.309 e. The molecule has 7 aliphatic rings. The van der Waals surface area contributed by atoms with Crippen molar-refractivity contribution in [2.24, 2.45) is 46.8 Å². The predicted octanol–water partition coefficient (Wildman–Crippen LogP) is 2.15. The Labute approximate surface area is 199 Å². The summed E-state index contributed by atoms with van der Waals surface area (Å²) >= 11 is 0. The van der Waals surface area contributed by atoms with E-state index >= 15 is 0 Å². The lowest BCUT2D eigenvalue weighted by atomic mass is 9.47. The SMILES string of the molecule is C[C@H]1[C@H]([C@@H]2O[C@]34C[C@H]5[C@@H](C[C@@H](O)C6=CC=CC(=O)[C@@]65C)[C@@H]5C[C@H](O3)[C@@H]([C@@H]54)[C@@]2(C)O)OC(=O)[C@@H]1C. The maximum atomic E-state index is 13.3. The second-order valence-electron chi connectivity index (χ2n) is 12.5. The van der Waals surface area contributed by atoms with Crippen molar-refractivity contribution in [2.45, 2.75) is 82.8 Å². The van der Waals surface area contributed by atoms with Gasteiger partial charge >= 0.3 is 5.97 Å². The van der Waals surface area contributed by atoms with Gasteiger partial charge in [0.2, 0.25) is 0 Å². The van der Waals surface area contributed by atoms with E-state index in [-0.39, 0.29) is 59.3 Å². The van der Waals surface area contributed by atoms with Gasteiger partial charge in [0.25, 0.3) is 0 Å². The van der Waals surface area contributed by atoms with Crippen LogP contribution >= 0.6 is 0 Å². The molecule has 0 aromatic heterocycles. The number of esters is 1. The first-order valence-electron chi connectivity index (χ1n) is 12.9. The molecule has 184 valence electrons. The van der Waals surface area contributed by atoms with E-state index in [4.69, 9.17) is 14.2 Å². The summed E-state index contributed by atoms with van der Waals surface area (Å²) in [4.78, 5) is 25.7. The summed E-state index contributed by atoms with van der Waals surface area (Å²) in [5.74, 6) is -1.20. The fourth-order valence-electron chi connectivity index (χ4n) is 9.44. The highest BCUT2D eigenvalue weighted by atomic mass is 16.7. The molecule has 6 fully saturated rings. The summed E-state index contributed by atoms with van der Waals surface area (Å²) < 4.78 is 19.2. The summed E-state index contributed by atoms with van der Waals surface area (Å²) in [5.41, 5.74) is -1.19. The van der Waals surface area contributed by atoms with Gasteiger partial charge in [0.1, 0.15) is 12.2 Å². The molecule has 7 heteroatoms. The largest absolute Gasteiger partial charge is 0.459 e. The maximum Gasteiger partial charge on any atom is 0.309 e. The lowest BCUT2D eigenvalue weighted by molar-refractivity contribution is -0.363. The number of carbonyl (C=O) groups is 2. The average Bonchev–Trinajstić information content (AvgIpc) is 3.38. The molecule has 0 radical (unpaired) electrons. The number of ketones is 1. The van der Waals surface area contributed by atoms with Gasteiger partial charge in [0, 0.05) is 24.2 Å². The molecule has 0 aromatic carbocycles. The molecule has 2 N–H and O–H groups in total. The molecule has 7 nitrogen and oxygen atoms in total. The van der Waals surface area contributed by atoms with E-state index in [2.05, 4.69) is 0 Å². The van der Waals surface area contributed by atoms with Crippen LogP contribution in [-0.2, 0) is 23.8 Å². The van der Waals surface area contributed by atoms with Crippen LogP contribution in [0.3, 0.4) is 0 Å². The zero-order chi connectivity index (χ0) is 23.9. The zero-order valence-electron chi connectivity index (χ0n) is 20.1. The van der Waals surface area contributed by atoms with Crippen LogP contribution in [0.25, 0.3) is 0 Å². The molecular formula is C27H34O7. The van der Waals surface area contributed by atoms with Crippen molar-refractivity contribution in [1.29, 1.82) is 0 Å². The van der Waals surface area contributed by atoms with Crippen LogP contribution in [0.4, 0.5) is 0 Å². The summed E-state index contributed by atoms with van der Waals surface area (Å²) in [5, 5.41) is 23.0. The third-order valence-electron chi connectivity index (χ3n) is 11.2. The van der Waals surface area contributed by atoms with Crippen molar-refractivity contribution in [3.05, 3.63) is 23.8 Å². The first kappa shape index (κ1) is 21.7. The van der Waals surface area contributed by atoms with Crippen molar-refractivity contribution in [2.75, 3.05) is 0 Å². The number of fused-ring (bicyclic) bond motifs is 4. The van der Waals surface area contributed by atoms with E-state index in [9.17, 15) is 19.8 Å². The summed E-state index contributed by atoms with van der Waals surface area (Å²) in [7, 11) is 0. The zero-order valence-corrected chi connectivity index (χ0v) is 20.1. The van der Waals surface area contributed by atoms with Crippen molar-refractivity contribution in [3.8, 4) is 0 Å². The average molecular weight is 471 g/mol. The standard InChI is InChI=1S/C27H34O7/c1-11-12(2)24(30)32-22(11)23-26(4,31)21-18-9-14-13-8-17(28)15-6-5-7-19(29)25(15,3)16(13)10-27(33-18,34-23)20(14)21/h5-7,11-14,16-18,20-23,28,31H,8-10H2,1-4H3/t11-,12-,13+,14+,16+,17-,18+,20-,21+,22-,23+,25+,26-,27+/m1/s1. The lowest BCUT2D eigenvalue weighted by Crippen LogP contribution is -2.69. The van der Waals surface area contributed by atoms with Gasteiger partial charge < -0.3 is 24.4 Å². The van der Waals surface area contributed by atoms with Crippen molar-refractivity contribution in [3.63, 3.8) is 0 Å². The van der Waals surface area contributed by atoms with E-state index in [1.807, 2.05) is 33.8 Å². The number of carbonyl (C=O) groups excluding carboxylic acids is 2. The van der Waals surface area contributed by atoms with Crippen molar-refractivity contribution in [1.82, 2.24) is 0 Å². The number of aliphatic hydroxyl groups is 2. The Morgan fingerprint density at radius 2 is 1.82 bits per heavy atom. The van der Waals surface area contributed by atoms with E-state index in [0.29, 0.717) is 12.8 Å². The van der Waals surface area contributed by atoms with Gasteiger partial charge in [-0.1, -0.05) is 26.0 Å². The number of hydrogen-bond acceptors (Lipinski definition) is 7. The first-order chi connectivity index (χ1) is 16.0. The number of rotatable bonds is 1. The number of allylic oxidation sites excluding steroid dienone is 3. The molecule has 3 aliphatic heterocycles. The first-order valence-corrected chi connectivity index (χ1v) is 12.9. The molecule has 3 saturated heterocycles. The number of ether oxygens (including phenoxy) is 3. The molecule has 0 amide bonds. The van der Waals surface area contributed by atoms with Gasteiger partial charge in [-0.3, -0.25) is 9.59 Å². The van der Waals surface area contributed by atoms with Crippen LogP contribution in [0.5, 0.6) is 0 Å². The molecule has 0 unspecified atom stereocenters. The van der Waals surface area contributed by atoms with E-state index < -0.39 is 35.1 Å². The lowest BCUT2D eigenvalue weighted by Gasteiger charge is -2.62. The highest BCUT2D eigenvalue weighted by Gasteiger charge is 2.79. The monoisotopic (exact) mass is 470 g/mol. The minimum atomic E-state index is -1.20. The molecule has 14 atom stereocenters. The van der Waals surface area contributed by atoms with Crippen LogP contribution in [-0.4, -0.2) is 57.8 Å².